The lowest BCUT2D eigenvalue weighted by molar-refractivity contribution is -0.145. The Kier molecular flexibility index (Phi) is 18.5. The van der Waals surface area contributed by atoms with Crippen molar-refractivity contribution in [1.29, 1.82) is 0 Å². The number of carbonyl (C=O) groups is 2. The molecule has 64 heavy (non-hydrogen) atoms. The van der Waals surface area contributed by atoms with Gasteiger partial charge in [-0.05, 0) is 148 Å². The van der Waals surface area contributed by atoms with Gasteiger partial charge in [0, 0.05) is 12.1 Å². The summed E-state index contributed by atoms with van der Waals surface area (Å²) in [6.45, 7) is 6.28. The Morgan fingerprint density at radius 1 is 0.750 bits per heavy atom. The molecule has 0 aliphatic heterocycles. The average Bonchev–Trinajstić information content (AvgIpc) is 3.77. The first-order chi connectivity index (χ1) is 31.4. The molecule has 7 rings (SSSR count). The Labute approximate surface area is 385 Å². The first-order valence-electron chi connectivity index (χ1n) is 24.6. The fourth-order valence-electron chi connectivity index (χ4n) is 10.2. The molecule has 3 aliphatic carbocycles. The smallest absolute Gasteiger partial charge is 0.314 e. The molecule has 4 aromatic rings. The molecule has 0 atom stereocenters. The minimum atomic E-state index is -0.309. The third-order valence-electron chi connectivity index (χ3n) is 14.0. The second-order valence-electron chi connectivity index (χ2n) is 18.4. The van der Waals surface area contributed by atoms with E-state index in [2.05, 4.69) is 38.1 Å². The number of thiazole rings is 1. The summed E-state index contributed by atoms with van der Waals surface area (Å²) in [7, 11) is 0. The molecule has 0 bridgehead atoms. The summed E-state index contributed by atoms with van der Waals surface area (Å²) in [6, 6.07) is 21.6. The summed E-state index contributed by atoms with van der Waals surface area (Å²) < 4.78 is 24.0. The first kappa shape index (κ1) is 47.6. The maximum atomic E-state index is 13.9. The van der Waals surface area contributed by atoms with Crippen LogP contribution >= 0.6 is 11.3 Å². The third kappa shape index (κ3) is 13.6. The van der Waals surface area contributed by atoms with E-state index in [-0.39, 0.29) is 37.0 Å². The number of ether oxygens (including phenoxy) is 4. The van der Waals surface area contributed by atoms with Gasteiger partial charge in [-0.25, -0.2) is 9.99 Å². The molecule has 3 aliphatic rings. The van der Waals surface area contributed by atoms with E-state index in [0.717, 1.165) is 64.5 Å². The molecule has 346 valence electrons. The lowest BCUT2D eigenvalue weighted by Crippen LogP contribution is -2.30. The fraction of sp³-hybridized carbons (Fsp3) is 0.585. The second kappa shape index (κ2) is 24.8. The number of anilines is 1. The minimum absolute atomic E-state index is 0.0245. The number of hydrogen-bond donors (Lipinski definition) is 1. The van der Waals surface area contributed by atoms with Crippen molar-refractivity contribution in [3.63, 3.8) is 0 Å². The van der Waals surface area contributed by atoms with Crippen molar-refractivity contribution in [3.8, 4) is 17.2 Å². The van der Waals surface area contributed by atoms with Crippen LogP contribution in [0.5, 0.6) is 17.2 Å². The van der Waals surface area contributed by atoms with Crippen LogP contribution in [-0.2, 0) is 14.3 Å². The van der Waals surface area contributed by atoms with E-state index in [1.165, 1.54) is 76.2 Å². The van der Waals surface area contributed by atoms with Crippen LogP contribution < -0.4 is 19.2 Å². The highest BCUT2D eigenvalue weighted by Crippen LogP contribution is 2.45. The Morgan fingerprint density at radius 2 is 1.44 bits per heavy atom. The monoisotopic (exact) mass is 894 g/mol. The van der Waals surface area contributed by atoms with Gasteiger partial charge >= 0.3 is 11.9 Å². The van der Waals surface area contributed by atoms with Gasteiger partial charge in [0.05, 0.1) is 48.1 Å². The van der Waals surface area contributed by atoms with Crippen LogP contribution in [0.15, 0.2) is 71.8 Å². The number of benzene rings is 3. The fourth-order valence-corrected chi connectivity index (χ4v) is 11.2. The zero-order valence-corrected chi connectivity index (χ0v) is 39.1. The summed E-state index contributed by atoms with van der Waals surface area (Å²) in [6.07, 6.45) is 21.9. The van der Waals surface area contributed by atoms with E-state index in [0.29, 0.717) is 62.1 Å². The number of rotatable bonds is 22. The lowest BCUT2D eigenvalue weighted by atomic mass is 9.68. The van der Waals surface area contributed by atoms with Gasteiger partial charge in [-0.1, -0.05) is 88.3 Å². The van der Waals surface area contributed by atoms with Crippen LogP contribution in [0, 0.1) is 29.6 Å². The number of hydrazone groups is 1. The lowest BCUT2D eigenvalue weighted by Gasteiger charge is -2.38. The van der Waals surface area contributed by atoms with Crippen molar-refractivity contribution in [2.45, 2.75) is 135 Å². The molecule has 1 aromatic heterocycles. The van der Waals surface area contributed by atoms with E-state index >= 15 is 0 Å². The predicted octanol–water partition coefficient (Wildman–Crippen LogP) is 12.3. The highest BCUT2D eigenvalue weighted by Gasteiger charge is 2.34. The number of nitrogens with zero attached hydrogens (tertiary/aromatic N) is 3. The van der Waals surface area contributed by atoms with Crippen LogP contribution in [0.25, 0.3) is 10.2 Å². The van der Waals surface area contributed by atoms with Gasteiger partial charge in [-0.15, -0.1) is 0 Å². The van der Waals surface area contributed by atoms with Crippen molar-refractivity contribution in [2.24, 2.45) is 34.7 Å². The van der Waals surface area contributed by atoms with Crippen molar-refractivity contribution in [2.75, 3.05) is 38.0 Å². The number of para-hydroxylation sites is 1. The highest BCUT2D eigenvalue weighted by atomic mass is 32.1. The number of unbranched alkanes of at least 4 members (excludes halogenated alkanes) is 3. The number of hydrogen-bond acceptors (Lipinski definition) is 11. The molecule has 0 spiro atoms. The van der Waals surface area contributed by atoms with Crippen LogP contribution in [-0.4, -0.2) is 61.2 Å². The molecule has 0 unspecified atom stereocenters. The van der Waals surface area contributed by atoms with Crippen LogP contribution in [0.3, 0.4) is 0 Å². The molecule has 3 fully saturated rings. The first-order valence-corrected chi connectivity index (χ1v) is 25.4. The predicted molar refractivity (Wildman–Crippen MR) is 257 cm³/mol. The molecule has 0 radical (unpaired) electrons. The van der Waals surface area contributed by atoms with Gasteiger partial charge < -0.3 is 24.1 Å². The molecular weight excluding hydrogens is 823 g/mol. The standard InChI is InChI=1S/C53H71N3O7S/c1-3-5-6-9-31-56(53-55-48-11-7-8-12-50(48)64-53)54-37-45-36-44(41-19-17-40(18-20-41)39-15-13-38(10-4-2)14-16-39)25-30-49(45)63-52(59)43-23-21-42(22-24-43)51(58)62-47-28-26-46(27-29-47)61-35-34-60-33-32-57/h7-8,11-12,25-30,36-43,57H,3-6,9-10,13-24,31-35H2,1-2H3/b54-37+. The van der Waals surface area contributed by atoms with Crippen molar-refractivity contribution < 1.29 is 33.6 Å². The molecule has 0 amide bonds. The molecule has 1 N–H and O–H groups in total. The topological polar surface area (TPSA) is 120 Å². The molecule has 1 heterocycles. The zero-order valence-electron chi connectivity index (χ0n) is 38.3. The number of aliphatic hydroxyl groups excluding tert-OH is 1. The minimum Gasteiger partial charge on any atom is -0.491 e. The van der Waals surface area contributed by atoms with E-state index < -0.39 is 0 Å². The Morgan fingerprint density at radius 3 is 2.12 bits per heavy atom. The Hall–Kier alpha value is -4.32. The molecule has 3 saturated carbocycles. The normalized spacial score (nSPS) is 22.7. The summed E-state index contributed by atoms with van der Waals surface area (Å²) >= 11 is 1.65. The molecule has 11 heteroatoms. The van der Waals surface area contributed by atoms with Crippen LogP contribution in [0.2, 0.25) is 0 Å². The number of carbonyl (C=O) groups excluding carboxylic acids is 2. The second-order valence-corrected chi connectivity index (χ2v) is 19.4. The molecule has 10 nitrogen and oxygen atoms in total. The van der Waals surface area contributed by atoms with Crippen molar-refractivity contribution >= 4 is 44.8 Å². The number of aliphatic hydroxyl groups is 1. The highest BCUT2D eigenvalue weighted by molar-refractivity contribution is 7.22. The van der Waals surface area contributed by atoms with Gasteiger partial charge in [-0.2, -0.15) is 5.10 Å². The summed E-state index contributed by atoms with van der Waals surface area (Å²) in [5, 5.41) is 16.8. The molecular formula is C53H71N3O7S. The Bertz CT molecular complexity index is 2030. The van der Waals surface area contributed by atoms with E-state index in [1.807, 2.05) is 29.4 Å². The number of esters is 2. The van der Waals surface area contributed by atoms with Gasteiger partial charge in [0.1, 0.15) is 23.9 Å². The van der Waals surface area contributed by atoms with Gasteiger partial charge in [-0.3, -0.25) is 9.59 Å². The maximum absolute atomic E-state index is 13.9. The molecule has 0 saturated heterocycles. The number of fused-ring (bicyclic) bond motifs is 1. The van der Waals surface area contributed by atoms with Crippen LogP contribution in [0.1, 0.15) is 146 Å². The summed E-state index contributed by atoms with van der Waals surface area (Å²) in [5.41, 5.74) is 3.08. The van der Waals surface area contributed by atoms with Crippen LogP contribution in [0.4, 0.5) is 5.13 Å². The third-order valence-corrected chi connectivity index (χ3v) is 15.0. The SMILES string of the molecule is CCCCCCN(/N=C/c1cc(C2CCC(C3CCC(CCC)CC3)CC2)ccc1OC(=O)C1CCC(C(=O)Oc2ccc(OCCOCCO)cc2)CC1)c1nc2ccccc2s1. The van der Waals surface area contributed by atoms with Gasteiger partial charge in [0.25, 0.3) is 0 Å². The van der Waals surface area contributed by atoms with Crippen molar-refractivity contribution in [3.05, 3.63) is 77.9 Å². The van der Waals surface area contributed by atoms with Crippen molar-refractivity contribution in [1.82, 2.24) is 4.98 Å². The average molecular weight is 894 g/mol. The summed E-state index contributed by atoms with van der Waals surface area (Å²) in [5.74, 6) is 3.62. The van der Waals surface area contributed by atoms with E-state index in [9.17, 15) is 9.59 Å². The van der Waals surface area contributed by atoms with Gasteiger partial charge in [0.2, 0.25) is 5.13 Å². The van der Waals surface area contributed by atoms with Gasteiger partial charge in [0.15, 0.2) is 0 Å². The largest absolute Gasteiger partial charge is 0.491 e. The summed E-state index contributed by atoms with van der Waals surface area (Å²) in [4.78, 5) is 32.1. The maximum Gasteiger partial charge on any atom is 0.314 e. The molecule has 3 aromatic carbocycles. The van der Waals surface area contributed by atoms with E-state index in [4.69, 9.17) is 34.1 Å². The quantitative estimate of drug-likeness (QED) is 0.0270. The Balaban J connectivity index is 1.00. The van der Waals surface area contributed by atoms with E-state index in [1.54, 1.807) is 35.6 Å². The number of aromatic nitrogens is 1. The zero-order chi connectivity index (χ0) is 44.5.